The number of carboxylic acids is 1. The highest BCUT2D eigenvalue weighted by molar-refractivity contribution is 5.97. The Bertz CT molecular complexity index is 709. The highest BCUT2D eigenvalue weighted by atomic mass is 16.5. The summed E-state index contributed by atoms with van der Waals surface area (Å²) in [4.78, 5) is 37.5. The summed E-state index contributed by atoms with van der Waals surface area (Å²) < 4.78 is 10.9. The van der Waals surface area contributed by atoms with Crippen molar-refractivity contribution in [2.45, 2.75) is 51.1 Å². The van der Waals surface area contributed by atoms with Crippen LogP contribution in [0.5, 0.6) is 0 Å². The van der Waals surface area contributed by atoms with Crippen LogP contribution in [0.15, 0.2) is 24.3 Å². The lowest BCUT2D eigenvalue weighted by atomic mass is 10.1. The molecule has 2 amide bonds. The second-order valence-electron chi connectivity index (χ2n) is 7.06. The summed E-state index contributed by atoms with van der Waals surface area (Å²) in [7, 11) is 0. The summed E-state index contributed by atoms with van der Waals surface area (Å²) in [6.45, 7) is 4.97. The maximum Gasteiger partial charge on any atom is 0.332 e. The third-order valence-corrected chi connectivity index (χ3v) is 4.69. The van der Waals surface area contributed by atoms with Crippen molar-refractivity contribution in [1.82, 2.24) is 4.90 Å². The van der Waals surface area contributed by atoms with Gasteiger partial charge in [0.05, 0.1) is 12.2 Å². The van der Waals surface area contributed by atoms with E-state index < -0.39 is 18.2 Å². The summed E-state index contributed by atoms with van der Waals surface area (Å²) in [5.41, 5.74) is 1.07. The summed E-state index contributed by atoms with van der Waals surface area (Å²) in [5, 5.41) is 11.6. The lowest BCUT2D eigenvalue weighted by molar-refractivity contribution is -0.150. The fraction of sp³-hybridized carbons (Fsp3) is 0.526. The van der Waals surface area contributed by atoms with E-state index in [1.807, 2.05) is 13.8 Å². The van der Waals surface area contributed by atoms with Crippen LogP contribution in [0.1, 0.15) is 37.0 Å². The monoisotopic (exact) mass is 376 g/mol. The largest absolute Gasteiger partial charge is 0.479 e. The van der Waals surface area contributed by atoms with E-state index in [0.29, 0.717) is 37.2 Å². The van der Waals surface area contributed by atoms with Gasteiger partial charge in [0.15, 0.2) is 6.10 Å². The molecule has 4 atom stereocenters. The Morgan fingerprint density at radius 2 is 1.59 bits per heavy atom. The fourth-order valence-corrected chi connectivity index (χ4v) is 3.46. The van der Waals surface area contributed by atoms with Gasteiger partial charge in [-0.3, -0.25) is 9.59 Å². The van der Waals surface area contributed by atoms with Crippen LogP contribution in [0.3, 0.4) is 0 Å². The Labute approximate surface area is 157 Å². The summed E-state index contributed by atoms with van der Waals surface area (Å²) >= 11 is 0. The van der Waals surface area contributed by atoms with Gasteiger partial charge in [0.1, 0.15) is 6.10 Å². The molecular formula is C19H24N2O6. The number of amides is 2. The first kappa shape index (κ1) is 19.3. The van der Waals surface area contributed by atoms with E-state index in [1.54, 1.807) is 29.2 Å². The first-order valence-corrected chi connectivity index (χ1v) is 9.07. The van der Waals surface area contributed by atoms with Crippen molar-refractivity contribution in [2.75, 3.05) is 18.4 Å². The van der Waals surface area contributed by atoms with E-state index in [9.17, 15) is 14.4 Å². The molecule has 2 fully saturated rings. The van der Waals surface area contributed by atoms with Gasteiger partial charge in [-0.2, -0.15) is 0 Å². The molecule has 0 aliphatic carbocycles. The molecule has 146 valence electrons. The molecule has 0 spiro atoms. The molecule has 2 aliphatic heterocycles. The number of hydrogen-bond acceptors (Lipinski definition) is 5. The van der Waals surface area contributed by atoms with E-state index in [-0.39, 0.29) is 24.0 Å². The molecule has 2 unspecified atom stereocenters. The summed E-state index contributed by atoms with van der Waals surface area (Å²) in [5.74, 6) is -1.51. The lowest BCUT2D eigenvalue weighted by Gasteiger charge is -2.35. The van der Waals surface area contributed by atoms with Gasteiger partial charge in [-0.05, 0) is 51.0 Å². The number of morpholine rings is 1. The highest BCUT2D eigenvalue weighted by Gasteiger charge is 2.34. The van der Waals surface area contributed by atoms with Crippen LogP contribution in [0.4, 0.5) is 5.69 Å². The number of nitrogens with one attached hydrogen (secondary N) is 1. The van der Waals surface area contributed by atoms with E-state index >= 15 is 0 Å². The van der Waals surface area contributed by atoms with Crippen molar-refractivity contribution in [2.24, 2.45) is 0 Å². The Morgan fingerprint density at radius 3 is 2.15 bits per heavy atom. The zero-order valence-electron chi connectivity index (χ0n) is 15.4. The second kappa shape index (κ2) is 8.06. The average molecular weight is 376 g/mol. The smallest absolute Gasteiger partial charge is 0.332 e. The van der Waals surface area contributed by atoms with Crippen LogP contribution in [0.25, 0.3) is 0 Å². The van der Waals surface area contributed by atoms with E-state index in [0.717, 1.165) is 0 Å². The maximum atomic E-state index is 12.6. The van der Waals surface area contributed by atoms with Crippen LogP contribution < -0.4 is 5.32 Å². The van der Waals surface area contributed by atoms with Crippen molar-refractivity contribution < 1.29 is 29.0 Å². The van der Waals surface area contributed by atoms with Gasteiger partial charge in [-0.25, -0.2) is 4.79 Å². The Morgan fingerprint density at radius 1 is 1.00 bits per heavy atom. The van der Waals surface area contributed by atoms with Gasteiger partial charge >= 0.3 is 5.97 Å². The van der Waals surface area contributed by atoms with Crippen LogP contribution in [-0.4, -0.2) is 65.3 Å². The number of hydrogen-bond donors (Lipinski definition) is 2. The lowest BCUT2D eigenvalue weighted by Crippen LogP contribution is -2.48. The van der Waals surface area contributed by atoms with Gasteiger partial charge in [0.25, 0.3) is 11.8 Å². The number of rotatable bonds is 4. The molecular weight excluding hydrogens is 352 g/mol. The van der Waals surface area contributed by atoms with Crippen LogP contribution in [-0.2, 0) is 19.1 Å². The second-order valence-corrected chi connectivity index (χ2v) is 7.06. The van der Waals surface area contributed by atoms with E-state index in [1.165, 1.54) is 0 Å². The molecule has 0 saturated carbocycles. The number of anilines is 1. The molecule has 0 bridgehead atoms. The van der Waals surface area contributed by atoms with Crippen LogP contribution in [0, 0.1) is 0 Å². The quantitative estimate of drug-likeness (QED) is 0.825. The molecule has 8 nitrogen and oxygen atoms in total. The molecule has 0 radical (unpaired) electrons. The van der Waals surface area contributed by atoms with E-state index in [2.05, 4.69) is 5.32 Å². The number of carbonyl (C=O) groups is 3. The van der Waals surface area contributed by atoms with Crippen molar-refractivity contribution in [3.8, 4) is 0 Å². The van der Waals surface area contributed by atoms with Crippen LogP contribution >= 0.6 is 0 Å². The molecule has 2 saturated heterocycles. The van der Waals surface area contributed by atoms with Gasteiger partial charge in [-0.15, -0.1) is 0 Å². The maximum absolute atomic E-state index is 12.6. The number of aliphatic carboxylic acids is 1. The van der Waals surface area contributed by atoms with Gasteiger partial charge < -0.3 is 24.8 Å². The minimum absolute atomic E-state index is 0.00250. The van der Waals surface area contributed by atoms with Crippen molar-refractivity contribution in [3.63, 3.8) is 0 Å². The van der Waals surface area contributed by atoms with Crippen molar-refractivity contribution in [1.29, 1.82) is 0 Å². The summed E-state index contributed by atoms with van der Waals surface area (Å²) in [6, 6.07) is 6.64. The van der Waals surface area contributed by atoms with Gasteiger partial charge in [0.2, 0.25) is 0 Å². The minimum Gasteiger partial charge on any atom is -0.479 e. The third kappa shape index (κ3) is 4.64. The van der Waals surface area contributed by atoms with E-state index in [4.69, 9.17) is 14.6 Å². The van der Waals surface area contributed by atoms with Gasteiger partial charge in [-0.1, -0.05) is 0 Å². The molecule has 0 aromatic heterocycles. The Hall–Kier alpha value is -2.45. The number of carbonyl (C=O) groups excluding carboxylic acids is 2. The Balaban J connectivity index is 1.58. The molecule has 2 N–H and O–H groups in total. The van der Waals surface area contributed by atoms with Gasteiger partial charge in [0, 0.05) is 24.3 Å². The van der Waals surface area contributed by atoms with Crippen molar-refractivity contribution >= 4 is 23.5 Å². The zero-order chi connectivity index (χ0) is 19.6. The zero-order valence-corrected chi connectivity index (χ0v) is 15.4. The first-order chi connectivity index (χ1) is 12.8. The number of benzene rings is 1. The molecule has 8 heteroatoms. The molecule has 2 aliphatic rings. The molecule has 27 heavy (non-hydrogen) atoms. The average Bonchev–Trinajstić information content (AvgIpc) is 3.11. The van der Waals surface area contributed by atoms with Crippen molar-refractivity contribution in [3.05, 3.63) is 29.8 Å². The topological polar surface area (TPSA) is 105 Å². The number of carboxylic acid groups (broad SMARTS) is 1. The molecule has 2 heterocycles. The molecule has 1 aromatic rings. The predicted octanol–water partition coefficient (Wildman–Crippen LogP) is 1.51. The summed E-state index contributed by atoms with van der Waals surface area (Å²) in [6.07, 6.45) is -1.03. The SMILES string of the molecule is CC1CN(C(=O)c2ccc(NC(=O)[C@@H]3CC[C@H](C(=O)O)O3)cc2)CC(C)O1. The molecule has 3 rings (SSSR count). The third-order valence-electron chi connectivity index (χ3n) is 4.69. The number of nitrogens with zero attached hydrogens (tertiary/aromatic N) is 1. The minimum atomic E-state index is -1.06. The normalized spacial score (nSPS) is 28.0. The first-order valence-electron chi connectivity index (χ1n) is 9.07. The predicted molar refractivity (Wildman–Crippen MR) is 96.5 cm³/mol. The Kier molecular flexibility index (Phi) is 5.76. The highest BCUT2D eigenvalue weighted by Crippen LogP contribution is 2.22. The standard InChI is InChI=1S/C19H24N2O6/c1-11-9-21(10-12(2)26-11)18(23)13-3-5-14(6-4-13)20-17(22)15-7-8-16(27-15)19(24)25/h3-6,11-12,15-16H,7-10H2,1-2H3,(H,20,22)(H,24,25)/t11?,12?,15-,16+/m0/s1. The molecule has 1 aromatic carbocycles. The fourth-order valence-electron chi connectivity index (χ4n) is 3.46. The van der Waals surface area contributed by atoms with Crippen LogP contribution in [0.2, 0.25) is 0 Å². The number of ether oxygens (including phenoxy) is 2.